The lowest BCUT2D eigenvalue weighted by Gasteiger charge is -2.16. The average Bonchev–Trinajstić information content (AvgIpc) is 2.84. The molecule has 0 bridgehead atoms. The average molecular weight is 351 g/mol. The van der Waals surface area contributed by atoms with Gasteiger partial charge in [0.05, 0.1) is 18.0 Å². The van der Waals surface area contributed by atoms with Crippen molar-refractivity contribution in [2.45, 2.75) is 39.2 Å². The van der Waals surface area contributed by atoms with Gasteiger partial charge < -0.3 is 4.90 Å². The van der Waals surface area contributed by atoms with Crippen molar-refractivity contribution in [2.24, 2.45) is 5.92 Å². The summed E-state index contributed by atoms with van der Waals surface area (Å²) in [5.74, 6) is -0.406. The molecule has 0 N–H and O–H groups in total. The van der Waals surface area contributed by atoms with Crippen LogP contribution in [0.3, 0.4) is 0 Å². The lowest BCUT2D eigenvalue weighted by molar-refractivity contribution is -0.128. The van der Waals surface area contributed by atoms with Crippen molar-refractivity contribution in [2.75, 3.05) is 12.3 Å². The zero-order valence-electron chi connectivity index (χ0n) is 12.3. The maximum Gasteiger partial charge on any atom is 0.232 e. The number of nitrogens with zero attached hydrogens (tertiary/aromatic N) is 2. The summed E-state index contributed by atoms with van der Waals surface area (Å²) in [6, 6.07) is 0. The maximum atomic E-state index is 11.9. The maximum absolute atomic E-state index is 11.9. The second kappa shape index (κ2) is 5.85. The molecule has 2 heterocycles. The Kier molecular flexibility index (Phi) is 4.66. The number of thiazole rings is 1. The summed E-state index contributed by atoms with van der Waals surface area (Å²) < 4.78 is 22.2. The van der Waals surface area contributed by atoms with Gasteiger partial charge in [0.25, 0.3) is 0 Å². The molecule has 0 aliphatic carbocycles. The summed E-state index contributed by atoms with van der Waals surface area (Å²) in [4.78, 5) is 18.2. The molecule has 0 radical (unpaired) electrons. The number of aromatic nitrogens is 1. The third-order valence-electron chi connectivity index (χ3n) is 3.38. The first-order chi connectivity index (χ1) is 9.54. The van der Waals surface area contributed by atoms with Gasteiger partial charge in [0.2, 0.25) is 15.0 Å². The van der Waals surface area contributed by atoms with Crippen molar-refractivity contribution < 1.29 is 13.2 Å². The molecule has 21 heavy (non-hydrogen) atoms. The number of hydrogen-bond acceptors (Lipinski definition) is 5. The number of hydrogen-bond donors (Lipinski definition) is 0. The number of amides is 1. The third-order valence-corrected chi connectivity index (χ3v) is 5.46. The molecule has 0 spiro atoms. The van der Waals surface area contributed by atoms with Gasteiger partial charge in [0, 0.05) is 40.4 Å². The minimum absolute atomic E-state index is 0.0149. The van der Waals surface area contributed by atoms with Crippen molar-refractivity contribution >= 4 is 37.0 Å². The Hall–Kier alpha value is -0.660. The van der Waals surface area contributed by atoms with E-state index < -0.39 is 9.05 Å². The van der Waals surface area contributed by atoms with Gasteiger partial charge in [0.15, 0.2) is 0 Å². The fourth-order valence-corrected chi connectivity index (χ4v) is 4.65. The monoisotopic (exact) mass is 350 g/mol. The summed E-state index contributed by atoms with van der Waals surface area (Å²) in [6.45, 7) is 7.14. The van der Waals surface area contributed by atoms with Crippen LogP contribution >= 0.6 is 22.0 Å². The Morgan fingerprint density at radius 2 is 2.14 bits per heavy atom. The lowest BCUT2D eigenvalue weighted by Crippen LogP contribution is -2.25. The molecule has 1 aromatic rings. The van der Waals surface area contributed by atoms with Gasteiger partial charge in [-0.15, -0.1) is 11.3 Å². The van der Waals surface area contributed by atoms with E-state index in [0.717, 1.165) is 10.7 Å². The van der Waals surface area contributed by atoms with Crippen LogP contribution in [-0.4, -0.2) is 36.5 Å². The van der Waals surface area contributed by atoms with E-state index in [1.54, 1.807) is 4.90 Å². The first-order valence-corrected chi connectivity index (χ1v) is 10.1. The molecule has 1 aliphatic rings. The van der Waals surface area contributed by atoms with Crippen molar-refractivity contribution in [3.05, 3.63) is 16.1 Å². The summed E-state index contributed by atoms with van der Waals surface area (Å²) >= 11 is 1.53. The van der Waals surface area contributed by atoms with Crippen LogP contribution in [0.2, 0.25) is 0 Å². The molecule has 1 saturated heterocycles. The Bertz CT molecular complexity index is 634. The second-order valence-corrected chi connectivity index (χ2v) is 10.2. The molecule has 0 aromatic carbocycles. The summed E-state index contributed by atoms with van der Waals surface area (Å²) in [5.41, 5.74) is 0.993. The summed E-state index contributed by atoms with van der Waals surface area (Å²) in [7, 11) is 1.69. The van der Waals surface area contributed by atoms with Gasteiger partial charge in [0.1, 0.15) is 5.01 Å². The van der Waals surface area contributed by atoms with Gasteiger partial charge in [-0.1, -0.05) is 20.8 Å². The molecule has 1 unspecified atom stereocenters. The Morgan fingerprint density at radius 1 is 1.48 bits per heavy atom. The predicted molar refractivity (Wildman–Crippen MR) is 84.0 cm³/mol. The molecule has 1 aliphatic heterocycles. The number of rotatable bonds is 4. The molecule has 8 heteroatoms. The van der Waals surface area contributed by atoms with E-state index in [1.807, 2.05) is 5.38 Å². The fourth-order valence-electron chi connectivity index (χ4n) is 2.29. The van der Waals surface area contributed by atoms with Crippen LogP contribution in [0.1, 0.15) is 37.9 Å². The number of halogens is 1. The molecule has 1 atom stereocenters. The molecule has 1 aromatic heterocycles. The van der Waals surface area contributed by atoms with E-state index in [1.165, 1.54) is 11.3 Å². The minimum atomic E-state index is -3.56. The van der Waals surface area contributed by atoms with E-state index in [9.17, 15) is 13.2 Å². The van der Waals surface area contributed by atoms with E-state index >= 15 is 0 Å². The van der Waals surface area contributed by atoms with Gasteiger partial charge >= 0.3 is 0 Å². The number of carbonyl (C=O) groups is 1. The van der Waals surface area contributed by atoms with Gasteiger partial charge in [-0.05, 0) is 0 Å². The van der Waals surface area contributed by atoms with E-state index in [2.05, 4.69) is 25.8 Å². The third kappa shape index (κ3) is 4.66. The first-order valence-electron chi connectivity index (χ1n) is 6.69. The standard InChI is InChI=1S/C13H19ClN2O3S2/c1-13(2,3)10-7-20-11(15-10)6-16-5-9(4-12(16)17)8-21(14,18)19/h7,9H,4-6,8H2,1-3H3. The zero-order valence-corrected chi connectivity index (χ0v) is 14.7. The van der Waals surface area contributed by atoms with Crippen LogP contribution < -0.4 is 0 Å². The van der Waals surface area contributed by atoms with E-state index in [0.29, 0.717) is 13.1 Å². The van der Waals surface area contributed by atoms with Crippen LogP contribution in [0.4, 0.5) is 0 Å². The van der Waals surface area contributed by atoms with Crippen LogP contribution in [0.5, 0.6) is 0 Å². The normalized spacial score (nSPS) is 20.3. The molecule has 2 rings (SSSR count). The molecule has 5 nitrogen and oxygen atoms in total. The quantitative estimate of drug-likeness (QED) is 0.782. The Morgan fingerprint density at radius 3 is 2.67 bits per heavy atom. The van der Waals surface area contributed by atoms with Crippen LogP contribution in [0, 0.1) is 5.92 Å². The Balaban J connectivity index is 2.00. The van der Waals surface area contributed by atoms with Crippen molar-refractivity contribution in [1.82, 2.24) is 9.88 Å². The highest BCUT2D eigenvalue weighted by atomic mass is 35.7. The van der Waals surface area contributed by atoms with Crippen LogP contribution in [0.15, 0.2) is 5.38 Å². The van der Waals surface area contributed by atoms with Crippen molar-refractivity contribution in [3.8, 4) is 0 Å². The van der Waals surface area contributed by atoms with Gasteiger partial charge in [-0.25, -0.2) is 13.4 Å². The van der Waals surface area contributed by atoms with Crippen LogP contribution in [-0.2, 0) is 25.8 Å². The molecule has 1 amide bonds. The summed E-state index contributed by atoms with van der Waals surface area (Å²) in [6.07, 6.45) is 0.240. The highest BCUT2D eigenvalue weighted by Gasteiger charge is 2.32. The fraction of sp³-hybridized carbons (Fsp3) is 0.692. The zero-order chi connectivity index (χ0) is 15.8. The predicted octanol–water partition coefficient (Wildman–Crippen LogP) is 2.36. The lowest BCUT2D eigenvalue weighted by atomic mass is 9.93. The topological polar surface area (TPSA) is 67.3 Å². The Labute approximate surface area is 133 Å². The molecular weight excluding hydrogens is 332 g/mol. The smallest absolute Gasteiger partial charge is 0.232 e. The van der Waals surface area contributed by atoms with Crippen LogP contribution in [0.25, 0.3) is 0 Å². The van der Waals surface area contributed by atoms with Gasteiger partial charge in [-0.3, -0.25) is 4.79 Å². The van der Waals surface area contributed by atoms with E-state index in [4.69, 9.17) is 10.7 Å². The van der Waals surface area contributed by atoms with Gasteiger partial charge in [-0.2, -0.15) is 0 Å². The van der Waals surface area contributed by atoms with E-state index in [-0.39, 0.29) is 29.4 Å². The van der Waals surface area contributed by atoms with Crippen molar-refractivity contribution in [3.63, 3.8) is 0 Å². The number of likely N-dealkylation sites (tertiary alicyclic amines) is 1. The molecule has 1 fully saturated rings. The SMILES string of the molecule is CC(C)(C)c1csc(CN2CC(CS(=O)(=O)Cl)CC2=O)n1. The first kappa shape index (κ1) is 16.7. The largest absolute Gasteiger partial charge is 0.336 e. The minimum Gasteiger partial charge on any atom is -0.336 e. The highest BCUT2D eigenvalue weighted by Crippen LogP contribution is 2.27. The number of carbonyl (C=O) groups excluding carboxylic acids is 1. The second-order valence-electron chi connectivity index (χ2n) is 6.43. The highest BCUT2D eigenvalue weighted by molar-refractivity contribution is 8.13. The molecule has 118 valence electrons. The molecular formula is C13H19ClN2O3S2. The van der Waals surface area contributed by atoms with Crippen molar-refractivity contribution in [1.29, 1.82) is 0 Å². The molecule has 0 saturated carbocycles. The summed E-state index contributed by atoms with van der Waals surface area (Å²) in [5, 5.41) is 2.89.